The van der Waals surface area contributed by atoms with Crippen molar-refractivity contribution in [2.24, 2.45) is 16.5 Å². The van der Waals surface area contributed by atoms with Crippen molar-refractivity contribution in [3.8, 4) is 0 Å². The number of halogens is 2. The normalized spacial score (nSPS) is 23.6. The van der Waals surface area contributed by atoms with Crippen LogP contribution in [0, 0.1) is 5.82 Å². The molecule has 5 heteroatoms. The molecule has 3 nitrogen and oxygen atoms in total. The fourth-order valence-electron chi connectivity index (χ4n) is 1.69. The quantitative estimate of drug-likeness (QED) is 0.596. The molecule has 80 valence electrons. The van der Waals surface area contributed by atoms with Crippen LogP contribution in [0.15, 0.2) is 23.2 Å². The number of benzene rings is 1. The van der Waals surface area contributed by atoms with Crippen molar-refractivity contribution in [3.63, 3.8) is 0 Å². The highest BCUT2D eigenvalue weighted by molar-refractivity contribution is 6.31. The van der Waals surface area contributed by atoms with Gasteiger partial charge < -0.3 is 11.5 Å². The molecule has 0 radical (unpaired) electrons. The number of nitrogens with two attached hydrogens (primary N) is 2. The van der Waals surface area contributed by atoms with Crippen molar-refractivity contribution >= 4 is 17.6 Å². The Kier molecular flexibility index (Phi) is 2.52. The fraction of sp³-hybridized carbons (Fsp3) is 0.300. The predicted molar refractivity (Wildman–Crippen MR) is 58.4 cm³/mol. The summed E-state index contributed by atoms with van der Waals surface area (Å²) in [5.41, 5.74) is 11.0. The van der Waals surface area contributed by atoms with Crippen molar-refractivity contribution in [3.05, 3.63) is 34.6 Å². The van der Waals surface area contributed by atoms with E-state index in [1.165, 1.54) is 6.07 Å². The minimum atomic E-state index is -0.291. The Hall–Kier alpha value is -1.29. The van der Waals surface area contributed by atoms with Crippen LogP contribution in [0.4, 0.5) is 4.39 Å². The van der Waals surface area contributed by atoms with Crippen LogP contribution in [0.2, 0.25) is 5.02 Å². The average molecular weight is 228 g/mol. The van der Waals surface area contributed by atoms with Gasteiger partial charge in [0.2, 0.25) is 0 Å². The largest absolute Gasteiger partial charge is 0.370 e. The molecule has 0 heterocycles. The summed E-state index contributed by atoms with van der Waals surface area (Å²) < 4.78 is 13.5. The zero-order valence-corrected chi connectivity index (χ0v) is 8.71. The molecule has 0 unspecified atom stereocenters. The van der Waals surface area contributed by atoms with Gasteiger partial charge in [-0.2, -0.15) is 0 Å². The van der Waals surface area contributed by atoms with Crippen LogP contribution in [0.3, 0.4) is 0 Å². The van der Waals surface area contributed by atoms with Gasteiger partial charge in [0.15, 0.2) is 5.96 Å². The van der Waals surface area contributed by atoms with Gasteiger partial charge in [-0.1, -0.05) is 17.7 Å². The summed E-state index contributed by atoms with van der Waals surface area (Å²) in [7, 11) is 0. The molecule has 1 fully saturated rings. The minimum absolute atomic E-state index is 0.0146. The third-order valence-electron chi connectivity index (χ3n) is 2.44. The first-order valence-electron chi connectivity index (χ1n) is 4.62. The molecule has 4 N–H and O–H groups in total. The van der Waals surface area contributed by atoms with Gasteiger partial charge in [-0.05, 0) is 18.6 Å². The fourth-order valence-corrected chi connectivity index (χ4v) is 1.99. The molecular weight excluding hydrogens is 217 g/mol. The second-order valence-corrected chi connectivity index (χ2v) is 4.01. The number of hydrogen-bond acceptors (Lipinski definition) is 1. The van der Waals surface area contributed by atoms with Crippen molar-refractivity contribution < 1.29 is 4.39 Å². The van der Waals surface area contributed by atoms with Gasteiger partial charge in [0.1, 0.15) is 5.82 Å². The molecule has 0 aliphatic heterocycles. The van der Waals surface area contributed by atoms with E-state index >= 15 is 0 Å². The number of aliphatic imine (C=N–C) groups is 1. The maximum atomic E-state index is 13.5. The van der Waals surface area contributed by atoms with E-state index < -0.39 is 0 Å². The molecule has 2 rings (SSSR count). The highest BCUT2D eigenvalue weighted by Gasteiger charge is 2.41. The molecular formula is C10H11ClFN3. The van der Waals surface area contributed by atoms with Crippen LogP contribution in [0.1, 0.15) is 17.9 Å². The second kappa shape index (κ2) is 3.70. The lowest BCUT2D eigenvalue weighted by Crippen LogP contribution is -2.23. The van der Waals surface area contributed by atoms with E-state index in [1.807, 2.05) is 0 Å². The third kappa shape index (κ3) is 2.04. The maximum absolute atomic E-state index is 13.5. The topological polar surface area (TPSA) is 64.4 Å². The summed E-state index contributed by atoms with van der Waals surface area (Å²) in [5.74, 6) is -0.239. The summed E-state index contributed by atoms with van der Waals surface area (Å²) in [6.45, 7) is 0. The molecule has 1 aromatic carbocycles. The third-order valence-corrected chi connectivity index (χ3v) is 2.77. The monoisotopic (exact) mass is 227 g/mol. The van der Waals surface area contributed by atoms with Gasteiger partial charge in [0.05, 0.1) is 6.04 Å². The molecule has 0 amide bonds. The lowest BCUT2D eigenvalue weighted by Gasteiger charge is -2.03. The van der Waals surface area contributed by atoms with Gasteiger partial charge in [-0.15, -0.1) is 0 Å². The molecule has 0 aromatic heterocycles. The Morgan fingerprint density at radius 3 is 2.80 bits per heavy atom. The number of rotatable bonds is 2. The van der Waals surface area contributed by atoms with E-state index in [0.29, 0.717) is 10.6 Å². The van der Waals surface area contributed by atoms with Gasteiger partial charge in [0, 0.05) is 16.5 Å². The molecule has 0 spiro atoms. The highest BCUT2D eigenvalue weighted by atomic mass is 35.5. The number of hydrogen-bond donors (Lipinski definition) is 2. The molecule has 2 atom stereocenters. The Bertz CT molecular complexity index is 395. The molecule has 0 bridgehead atoms. The van der Waals surface area contributed by atoms with Gasteiger partial charge in [-0.3, -0.25) is 0 Å². The summed E-state index contributed by atoms with van der Waals surface area (Å²) in [4.78, 5) is 3.98. The van der Waals surface area contributed by atoms with E-state index in [0.717, 1.165) is 6.42 Å². The SMILES string of the molecule is NC(N)=N[C@@H]1C[C@H]1c1c(F)cccc1Cl. The minimum Gasteiger partial charge on any atom is -0.370 e. The zero-order chi connectivity index (χ0) is 11.0. The van der Waals surface area contributed by atoms with Crippen LogP contribution < -0.4 is 11.5 Å². The van der Waals surface area contributed by atoms with Crippen LogP contribution in [-0.4, -0.2) is 12.0 Å². The summed E-state index contributed by atoms with van der Waals surface area (Å²) in [6.07, 6.45) is 0.749. The van der Waals surface area contributed by atoms with Crippen LogP contribution >= 0.6 is 11.6 Å². The van der Waals surface area contributed by atoms with Gasteiger partial charge >= 0.3 is 0 Å². The molecule has 0 saturated heterocycles. The van der Waals surface area contributed by atoms with Crippen molar-refractivity contribution in [1.29, 1.82) is 0 Å². The first-order valence-corrected chi connectivity index (χ1v) is 5.00. The summed E-state index contributed by atoms with van der Waals surface area (Å²) >= 11 is 5.92. The van der Waals surface area contributed by atoms with Crippen LogP contribution in [-0.2, 0) is 0 Å². The second-order valence-electron chi connectivity index (χ2n) is 3.60. The number of guanidine groups is 1. The highest BCUT2D eigenvalue weighted by Crippen LogP contribution is 2.46. The standard InChI is InChI=1S/C10H11ClFN3/c11-6-2-1-3-7(12)9(6)5-4-8(5)15-10(13)14/h1-3,5,8H,4H2,(H4,13,14,15)/t5-,8-/m1/s1. The van der Waals surface area contributed by atoms with E-state index in [9.17, 15) is 4.39 Å². The lowest BCUT2D eigenvalue weighted by atomic mass is 10.1. The molecule has 1 saturated carbocycles. The lowest BCUT2D eigenvalue weighted by molar-refractivity contribution is 0.609. The zero-order valence-electron chi connectivity index (χ0n) is 7.95. The van der Waals surface area contributed by atoms with E-state index in [1.54, 1.807) is 12.1 Å². The summed E-state index contributed by atoms with van der Waals surface area (Å²) in [5, 5.41) is 0.438. The molecule has 1 aliphatic rings. The van der Waals surface area contributed by atoms with Crippen molar-refractivity contribution in [2.75, 3.05) is 0 Å². The number of nitrogens with zero attached hydrogens (tertiary/aromatic N) is 1. The Labute approximate surface area is 91.9 Å². The van der Waals surface area contributed by atoms with E-state index in [4.69, 9.17) is 23.1 Å². The average Bonchev–Trinajstić information content (AvgIpc) is 2.82. The Morgan fingerprint density at radius 2 is 2.20 bits per heavy atom. The van der Waals surface area contributed by atoms with Gasteiger partial charge in [-0.25, -0.2) is 9.38 Å². The van der Waals surface area contributed by atoms with Crippen molar-refractivity contribution in [2.45, 2.75) is 18.4 Å². The smallest absolute Gasteiger partial charge is 0.186 e. The molecule has 1 aromatic rings. The Morgan fingerprint density at radius 1 is 1.47 bits per heavy atom. The summed E-state index contributed by atoms with van der Waals surface area (Å²) in [6, 6.07) is 4.63. The predicted octanol–water partition coefficient (Wildman–Crippen LogP) is 1.61. The first kappa shape index (κ1) is 10.2. The molecule has 15 heavy (non-hydrogen) atoms. The van der Waals surface area contributed by atoms with Gasteiger partial charge in [0.25, 0.3) is 0 Å². The van der Waals surface area contributed by atoms with E-state index in [2.05, 4.69) is 4.99 Å². The maximum Gasteiger partial charge on any atom is 0.186 e. The van der Waals surface area contributed by atoms with Crippen molar-refractivity contribution in [1.82, 2.24) is 0 Å². The molecule has 1 aliphatic carbocycles. The Balaban J connectivity index is 2.23. The van der Waals surface area contributed by atoms with Crippen LogP contribution in [0.5, 0.6) is 0 Å². The van der Waals surface area contributed by atoms with E-state index in [-0.39, 0.29) is 23.7 Å². The van der Waals surface area contributed by atoms with Crippen LogP contribution in [0.25, 0.3) is 0 Å². The first-order chi connectivity index (χ1) is 7.09.